The number of hydrogen-bond acceptors (Lipinski definition) is 1. The first-order chi connectivity index (χ1) is 3.92. The van der Waals surface area contributed by atoms with Gasteiger partial charge in [-0.15, -0.1) is 0 Å². The van der Waals surface area contributed by atoms with Crippen molar-refractivity contribution in [1.82, 2.24) is 0 Å². The second kappa shape index (κ2) is 2.82. The van der Waals surface area contributed by atoms with Crippen LogP contribution in [0.15, 0.2) is 11.8 Å². The Balaban J connectivity index is 3.86. The Morgan fingerprint density at radius 2 is 1.89 bits per heavy atom. The van der Waals surface area contributed by atoms with E-state index in [9.17, 15) is 4.79 Å². The van der Waals surface area contributed by atoms with Crippen molar-refractivity contribution in [3.8, 4) is 0 Å². The molecule has 9 heavy (non-hydrogen) atoms. The van der Waals surface area contributed by atoms with Gasteiger partial charge in [-0.3, -0.25) is 4.79 Å². The fraction of sp³-hybridized carbons (Fsp3) is 0.500. The molecule has 0 fully saturated rings. The molecule has 0 aromatic carbocycles. The van der Waals surface area contributed by atoms with Crippen molar-refractivity contribution in [1.29, 1.82) is 0 Å². The van der Waals surface area contributed by atoms with Crippen LogP contribution in [0.25, 0.3) is 0 Å². The molecule has 0 saturated heterocycles. The summed E-state index contributed by atoms with van der Waals surface area (Å²) in [7, 11) is -1.20. The lowest BCUT2D eigenvalue weighted by molar-refractivity contribution is -0.113. The van der Waals surface area contributed by atoms with E-state index in [1.165, 1.54) is 6.08 Å². The first-order valence-electron chi connectivity index (χ1n) is 2.90. The molecule has 0 spiro atoms. The van der Waals surface area contributed by atoms with Crippen LogP contribution in [-0.2, 0) is 4.79 Å². The third kappa shape index (κ3) is 7.43. The van der Waals surface area contributed by atoms with Crippen molar-refractivity contribution in [3.63, 3.8) is 0 Å². The Morgan fingerprint density at radius 3 is 2.00 bits per heavy atom. The van der Waals surface area contributed by atoms with Crippen LogP contribution in [-0.4, -0.2) is 14.0 Å². The van der Waals surface area contributed by atoms with Crippen LogP contribution in [0.4, 0.5) is 0 Å². The second-order valence-electron chi connectivity index (χ2n) is 3.10. The topological polar surface area (TPSA) is 43.1 Å². The summed E-state index contributed by atoms with van der Waals surface area (Å²) in [5.41, 5.74) is 6.82. The van der Waals surface area contributed by atoms with Crippen LogP contribution in [0.1, 0.15) is 0 Å². The zero-order chi connectivity index (χ0) is 7.49. The number of primary amides is 1. The Bertz CT molecular complexity index is 134. The highest BCUT2D eigenvalue weighted by Crippen LogP contribution is 2.00. The van der Waals surface area contributed by atoms with Crippen molar-refractivity contribution >= 4 is 14.0 Å². The number of carbonyl (C=O) groups is 1. The van der Waals surface area contributed by atoms with Gasteiger partial charge in [-0.1, -0.05) is 25.3 Å². The molecule has 0 saturated carbocycles. The predicted octanol–water partition coefficient (Wildman–Crippen LogP) is 0.905. The van der Waals surface area contributed by atoms with Gasteiger partial charge in [-0.05, 0) is 6.08 Å². The largest absolute Gasteiger partial charge is 0.366 e. The summed E-state index contributed by atoms with van der Waals surface area (Å²) in [4.78, 5) is 10.2. The fourth-order valence-corrected chi connectivity index (χ4v) is 0.996. The summed E-state index contributed by atoms with van der Waals surface area (Å²) in [6, 6.07) is 0. The molecular formula is C6H13NOSi. The molecule has 0 aromatic heterocycles. The highest BCUT2D eigenvalue weighted by Gasteiger charge is 2.06. The Hall–Kier alpha value is -0.573. The van der Waals surface area contributed by atoms with Crippen molar-refractivity contribution in [2.24, 2.45) is 5.73 Å². The molecule has 0 bridgehead atoms. The SMILES string of the molecule is C[Si](C)(C)/C=C/C(N)=O. The van der Waals surface area contributed by atoms with Gasteiger partial charge in [0, 0.05) is 0 Å². The smallest absolute Gasteiger partial charge is 0.240 e. The van der Waals surface area contributed by atoms with E-state index >= 15 is 0 Å². The Morgan fingerprint density at radius 1 is 1.44 bits per heavy atom. The summed E-state index contributed by atoms with van der Waals surface area (Å²) in [5.74, 6) is -0.350. The van der Waals surface area contributed by atoms with Crippen molar-refractivity contribution in [2.75, 3.05) is 0 Å². The lowest BCUT2D eigenvalue weighted by atomic mass is 10.6. The number of amides is 1. The van der Waals surface area contributed by atoms with Gasteiger partial charge in [0.1, 0.15) is 0 Å². The molecule has 0 radical (unpaired) electrons. The molecule has 0 heterocycles. The third-order valence-electron chi connectivity index (χ3n) is 0.748. The van der Waals surface area contributed by atoms with E-state index in [1.807, 2.05) is 5.70 Å². The van der Waals surface area contributed by atoms with E-state index in [1.54, 1.807) is 0 Å². The molecule has 0 unspecified atom stereocenters. The lowest BCUT2D eigenvalue weighted by Crippen LogP contribution is -2.17. The third-order valence-corrected chi connectivity index (χ3v) is 1.91. The zero-order valence-electron chi connectivity index (χ0n) is 6.14. The summed E-state index contributed by atoms with van der Waals surface area (Å²) < 4.78 is 0. The average Bonchev–Trinajstić information content (AvgIpc) is 1.59. The molecule has 2 nitrogen and oxygen atoms in total. The van der Waals surface area contributed by atoms with Gasteiger partial charge in [-0.2, -0.15) is 0 Å². The molecule has 3 heteroatoms. The van der Waals surface area contributed by atoms with Crippen molar-refractivity contribution < 1.29 is 4.79 Å². The van der Waals surface area contributed by atoms with E-state index in [-0.39, 0.29) is 5.91 Å². The summed E-state index contributed by atoms with van der Waals surface area (Å²) in [6.07, 6.45) is 1.45. The minimum absolute atomic E-state index is 0.350. The highest BCUT2D eigenvalue weighted by atomic mass is 28.3. The molecule has 2 N–H and O–H groups in total. The molecule has 0 aromatic rings. The van der Waals surface area contributed by atoms with Crippen LogP contribution in [0, 0.1) is 0 Å². The predicted molar refractivity (Wildman–Crippen MR) is 41.7 cm³/mol. The molecule has 0 aliphatic heterocycles. The summed E-state index contributed by atoms with van der Waals surface area (Å²) in [6.45, 7) is 6.44. The maximum Gasteiger partial charge on any atom is 0.240 e. The molecular weight excluding hydrogens is 130 g/mol. The first-order valence-corrected chi connectivity index (χ1v) is 6.48. The molecule has 52 valence electrons. The second-order valence-corrected chi connectivity index (χ2v) is 8.17. The van der Waals surface area contributed by atoms with Gasteiger partial charge in [0.15, 0.2) is 0 Å². The van der Waals surface area contributed by atoms with Crippen LogP contribution in [0.2, 0.25) is 19.6 Å². The maximum absolute atomic E-state index is 10.2. The zero-order valence-corrected chi connectivity index (χ0v) is 7.14. The number of nitrogens with two attached hydrogens (primary N) is 1. The van der Waals surface area contributed by atoms with Crippen molar-refractivity contribution in [2.45, 2.75) is 19.6 Å². The van der Waals surface area contributed by atoms with E-state index in [4.69, 9.17) is 5.73 Å². The number of rotatable bonds is 2. The average molecular weight is 143 g/mol. The monoisotopic (exact) mass is 143 g/mol. The highest BCUT2D eigenvalue weighted by molar-refractivity contribution is 6.81. The maximum atomic E-state index is 10.2. The molecule has 0 atom stereocenters. The van der Waals surface area contributed by atoms with Crippen LogP contribution >= 0.6 is 0 Å². The first kappa shape index (κ1) is 8.43. The Kier molecular flexibility index (Phi) is 2.64. The van der Waals surface area contributed by atoms with Gasteiger partial charge in [0.2, 0.25) is 5.91 Å². The van der Waals surface area contributed by atoms with E-state index < -0.39 is 8.07 Å². The van der Waals surface area contributed by atoms with Gasteiger partial charge in [-0.25, -0.2) is 0 Å². The standard InChI is InChI=1S/C6H13NOSi/c1-9(2,3)5-4-6(7)8/h4-5H,1-3H3,(H2,7,8)/b5-4+. The van der Waals surface area contributed by atoms with E-state index in [0.29, 0.717) is 0 Å². The van der Waals surface area contributed by atoms with Crippen molar-refractivity contribution in [3.05, 3.63) is 11.8 Å². The van der Waals surface area contributed by atoms with Crippen LogP contribution < -0.4 is 5.73 Å². The normalized spacial score (nSPS) is 12.3. The number of carbonyl (C=O) groups excluding carboxylic acids is 1. The molecule has 1 amide bonds. The van der Waals surface area contributed by atoms with Gasteiger partial charge < -0.3 is 5.73 Å². The lowest BCUT2D eigenvalue weighted by Gasteiger charge is -2.06. The van der Waals surface area contributed by atoms with Gasteiger partial charge in [0.05, 0.1) is 8.07 Å². The van der Waals surface area contributed by atoms with Crippen LogP contribution in [0.5, 0.6) is 0 Å². The Labute approximate surface area is 56.8 Å². The van der Waals surface area contributed by atoms with Crippen LogP contribution in [0.3, 0.4) is 0 Å². The van der Waals surface area contributed by atoms with E-state index in [2.05, 4.69) is 19.6 Å². The van der Waals surface area contributed by atoms with E-state index in [0.717, 1.165) is 0 Å². The summed E-state index contributed by atoms with van der Waals surface area (Å²) >= 11 is 0. The molecule has 0 aliphatic carbocycles. The quantitative estimate of drug-likeness (QED) is 0.453. The molecule has 0 aliphatic rings. The minimum atomic E-state index is -1.20. The molecule has 0 rings (SSSR count). The van der Waals surface area contributed by atoms with Gasteiger partial charge >= 0.3 is 0 Å². The number of hydrogen-bond donors (Lipinski definition) is 1. The summed E-state index contributed by atoms with van der Waals surface area (Å²) in [5, 5.41) is 0. The van der Waals surface area contributed by atoms with Gasteiger partial charge in [0.25, 0.3) is 0 Å². The minimum Gasteiger partial charge on any atom is -0.366 e. The fourth-order valence-electron chi connectivity index (χ4n) is 0.332.